The third-order valence-corrected chi connectivity index (χ3v) is 6.28. The highest BCUT2D eigenvalue weighted by Gasteiger charge is 2.57. The van der Waals surface area contributed by atoms with Gasteiger partial charge in [0.1, 0.15) is 23.5 Å². The van der Waals surface area contributed by atoms with Gasteiger partial charge in [-0.25, -0.2) is 18.1 Å². The topological polar surface area (TPSA) is 141 Å². The van der Waals surface area contributed by atoms with Crippen molar-refractivity contribution in [3.8, 4) is 11.5 Å². The van der Waals surface area contributed by atoms with Gasteiger partial charge < -0.3 is 24.2 Å². The summed E-state index contributed by atoms with van der Waals surface area (Å²) in [5.74, 6) is -4.31. The zero-order valence-corrected chi connectivity index (χ0v) is 17.9. The Labute approximate surface area is 185 Å². The van der Waals surface area contributed by atoms with Crippen LogP contribution in [0.15, 0.2) is 29.2 Å². The monoisotopic (exact) mass is 495 g/mol. The minimum atomic E-state index is -4.47. The molecule has 174 valence electrons. The molecule has 0 saturated carbocycles. The quantitative estimate of drug-likeness (QED) is 0.415. The molecule has 1 fully saturated rings. The summed E-state index contributed by atoms with van der Waals surface area (Å²) in [7, 11) is -3.12. The number of hydrogen-bond acceptors (Lipinski definition) is 10. The fraction of sp³-hybridized carbons (Fsp3) is 0.412. The second kappa shape index (κ2) is 8.30. The summed E-state index contributed by atoms with van der Waals surface area (Å²) in [6.07, 6.45) is -7.50. The average Bonchev–Trinajstić information content (AvgIpc) is 2.95. The highest BCUT2D eigenvalue weighted by Crippen LogP contribution is 2.57. The van der Waals surface area contributed by atoms with Crippen LogP contribution in [0, 0.1) is 10.5 Å². The summed E-state index contributed by atoms with van der Waals surface area (Å²) >= 11 is 4.56. The molecular formula is C17H17F2N2O9PS. The largest absolute Gasteiger partial charge is 0.530 e. The number of aromatic amines is 1. The zero-order valence-electron chi connectivity index (χ0n) is 17.2. The van der Waals surface area contributed by atoms with Gasteiger partial charge in [0.2, 0.25) is 0 Å². The number of aliphatic hydroxyl groups is 2. The lowest BCUT2D eigenvalue weighted by atomic mass is 10.1. The van der Waals surface area contributed by atoms with Crippen molar-refractivity contribution in [3.63, 3.8) is 0 Å². The van der Waals surface area contributed by atoms with Gasteiger partial charge in [0.25, 0.3) is 5.85 Å². The number of fused-ring (bicyclic) bond motifs is 1. The van der Waals surface area contributed by atoms with Crippen LogP contribution < -0.4 is 15.0 Å². The molecule has 1 saturated heterocycles. The van der Waals surface area contributed by atoms with Gasteiger partial charge in [0.05, 0.1) is 21.3 Å². The van der Waals surface area contributed by atoms with Gasteiger partial charge in [-0.3, -0.25) is 18.6 Å². The number of phosphoric ester groups is 1. The smallest absolute Gasteiger partial charge is 0.493 e. The van der Waals surface area contributed by atoms with Crippen LogP contribution in [0.2, 0.25) is 0 Å². The number of H-pyrrole nitrogens is 1. The first kappa shape index (κ1) is 21.6. The van der Waals surface area contributed by atoms with Crippen LogP contribution >= 0.6 is 20.0 Å². The molecule has 0 spiro atoms. The van der Waals surface area contributed by atoms with Crippen molar-refractivity contribution in [2.24, 2.45) is 0 Å². The molecule has 32 heavy (non-hydrogen) atoms. The Hall–Kier alpha value is -2.19. The van der Waals surface area contributed by atoms with Gasteiger partial charge in [-0.1, -0.05) is 24.4 Å². The lowest BCUT2D eigenvalue weighted by Gasteiger charge is -2.28. The first-order valence-electron chi connectivity index (χ1n) is 9.44. The number of phosphoric acid groups is 1. The Bertz CT molecular complexity index is 1250. The van der Waals surface area contributed by atoms with E-state index in [-0.39, 0.29) is 22.7 Å². The van der Waals surface area contributed by atoms with Crippen molar-refractivity contribution in [1.82, 2.24) is 9.55 Å². The molecule has 5 atom stereocenters. The van der Waals surface area contributed by atoms with E-state index in [2.05, 4.69) is 12.2 Å². The van der Waals surface area contributed by atoms with Crippen LogP contribution in [-0.2, 0) is 25.0 Å². The van der Waals surface area contributed by atoms with Crippen LogP contribution in [0.25, 0.3) is 0 Å². The number of aromatic nitrogens is 2. The molecule has 1 unspecified atom stereocenters. The summed E-state index contributed by atoms with van der Waals surface area (Å²) in [6.45, 7) is -1.59. The molecule has 2 aliphatic heterocycles. The van der Waals surface area contributed by atoms with Crippen LogP contribution in [0.5, 0.6) is 11.5 Å². The van der Waals surface area contributed by atoms with Gasteiger partial charge in [0, 0.05) is 5.56 Å². The van der Waals surface area contributed by atoms with Gasteiger partial charge in [-0.15, -0.1) is 0 Å². The standard InChI is InChI=1S/C17H17F2N2O9PS/c1-26-10-4-2-3-8-6-27-31(25,30-12(8)10)28-7-17(19)13(23)11(22)15(29-17)21-5-9(18)14(32)20-16(21)24/h2-5,11,13,15,22-23H,6-7H2,1H3,(H,20,24,32)/t11-,13+,15-,17-,31?/m1/s1/i15D. The SMILES string of the molecule is [2H][C@@]1(n2cc(F)c(=S)[nH]c2=O)O[C@](F)(COP2(=O)OCc3cccc(OC)c3O2)[C@@H](O)[C@H]1O. The Morgan fingerprint density at radius 1 is 1.50 bits per heavy atom. The molecular weight excluding hydrogens is 477 g/mol. The van der Waals surface area contributed by atoms with E-state index in [4.69, 9.17) is 24.4 Å². The number of benzene rings is 1. The van der Waals surface area contributed by atoms with Crippen molar-refractivity contribution < 1.29 is 48.0 Å². The van der Waals surface area contributed by atoms with Crippen molar-refractivity contribution in [1.29, 1.82) is 0 Å². The van der Waals surface area contributed by atoms with Gasteiger partial charge in [-0.05, 0) is 6.07 Å². The second-order valence-corrected chi connectivity index (χ2v) is 8.76. The predicted octanol–water partition coefficient (Wildman–Crippen LogP) is 1.70. The fourth-order valence-corrected chi connectivity index (χ4v) is 4.42. The number of alkyl halides is 1. The lowest BCUT2D eigenvalue weighted by Crippen LogP contribution is -2.43. The molecule has 4 rings (SSSR count). The van der Waals surface area contributed by atoms with E-state index in [0.717, 1.165) is 0 Å². The summed E-state index contributed by atoms with van der Waals surface area (Å²) in [5, 5.41) is 20.5. The molecule has 0 radical (unpaired) electrons. The summed E-state index contributed by atoms with van der Waals surface area (Å²) in [6, 6.07) is 4.76. The van der Waals surface area contributed by atoms with Crippen LogP contribution in [0.3, 0.4) is 0 Å². The number of nitrogens with one attached hydrogen (secondary N) is 1. The number of aliphatic hydroxyl groups excluding tert-OH is 2. The number of methoxy groups -OCH3 is 1. The van der Waals surface area contributed by atoms with Crippen molar-refractivity contribution in [3.05, 3.63) is 50.9 Å². The molecule has 3 N–H and O–H groups in total. The van der Waals surface area contributed by atoms with Gasteiger partial charge in [-0.2, -0.15) is 0 Å². The van der Waals surface area contributed by atoms with Gasteiger partial charge >= 0.3 is 13.5 Å². The van der Waals surface area contributed by atoms with Crippen molar-refractivity contribution >= 4 is 20.0 Å². The maximum Gasteiger partial charge on any atom is 0.530 e. The van der Waals surface area contributed by atoms with Crippen molar-refractivity contribution in [2.45, 2.75) is 30.9 Å². The number of halogens is 2. The molecule has 15 heteroatoms. The van der Waals surface area contributed by atoms with Crippen molar-refractivity contribution in [2.75, 3.05) is 13.7 Å². The predicted molar refractivity (Wildman–Crippen MR) is 104 cm³/mol. The molecule has 2 aromatic rings. The summed E-state index contributed by atoms with van der Waals surface area (Å²) < 4.78 is 75.1. The third kappa shape index (κ3) is 3.99. The normalized spacial score (nSPS) is 34.5. The molecule has 1 aromatic carbocycles. The van der Waals surface area contributed by atoms with E-state index >= 15 is 4.39 Å². The maximum atomic E-state index is 15.4. The highest BCUT2D eigenvalue weighted by atomic mass is 32.1. The number of ether oxygens (including phenoxy) is 2. The number of rotatable bonds is 5. The van der Waals surface area contributed by atoms with E-state index in [0.29, 0.717) is 11.8 Å². The zero-order chi connectivity index (χ0) is 24.2. The molecule has 0 aliphatic carbocycles. The minimum Gasteiger partial charge on any atom is -0.493 e. The van der Waals surface area contributed by atoms with E-state index in [1.54, 1.807) is 12.1 Å². The summed E-state index contributed by atoms with van der Waals surface area (Å²) in [4.78, 5) is 14.0. The van der Waals surface area contributed by atoms with Crippen LogP contribution in [0.4, 0.5) is 8.78 Å². The average molecular weight is 495 g/mol. The lowest BCUT2D eigenvalue weighted by molar-refractivity contribution is -0.205. The molecule has 0 bridgehead atoms. The minimum absolute atomic E-state index is 0.0341. The highest BCUT2D eigenvalue weighted by molar-refractivity contribution is 7.71. The molecule has 2 aliphatic rings. The van der Waals surface area contributed by atoms with E-state index in [1.807, 2.05) is 4.98 Å². The first-order valence-corrected chi connectivity index (χ1v) is 10.8. The molecule has 3 heterocycles. The van der Waals surface area contributed by atoms with Crippen LogP contribution in [0.1, 0.15) is 13.1 Å². The van der Waals surface area contributed by atoms with E-state index < -0.39 is 54.8 Å². The van der Waals surface area contributed by atoms with Gasteiger partial charge in [0.15, 0.2) is 23.5 Å². The summed E-state index contributed by atoms with van der Waals surface area (Å²) in [5.41, 5.74) is -0.747. The second-order valence-electron chi connectivity index (χ2n) is 6.76. The Kier molecular flexibility index (Phi) is 5.61. The van der Waals surface area contributed by atoms with Crippen LogP contribution in [-0.4, -0.2) is 51.5 Å². The number of para-hydroxylation sites is 1. The van der Waals surface area contributed by atoms with E-state index in [9.17, 15) is 24.0 Å². The Morgan fingerprint density at radius 2 is 2.25 bits per heavy atom. The number of nitrogens with zero attached hydrogens (tertiary/aromatic N) is 1. The molecule has 11 nitrogen and oxygen atoms in total. The fourth-order valence-electron chi connectivity index (χ4n) is 3.04. The third-order valence-electron chi connectivity index (χ3n) is 4.69. The first-order chi connectivity index (χ1) is 15.4. The Balaban J connectivity index is 1.58. The van der Waals surface area contributed by atoms with E-state index in [1.165, 1.54) is 13.2 Å². The Morgan fingerprint density at radius 3 is 2.97 bits per heavy atom. The molecule has 1 aromatic heterocycles. The number of hydrogen-bond donors (Lipinski definition) is 3. The molecule has 0 amide bonds. The maximum absolute atomic E-state index is 15.4.